The van der Waals surface area contributed by atoms with Crippen LogP contribution in [0.3, 0.4) is 0 Å². The van der Waals surface area contributed by atoms with Crippen LogP contribution in [-0.2, 0) is 6.54 Å². The van der Waals surface area contributed by atoms with Crippen LogP contribution >= 0.6 is 0 Å². The Hall–Kier alpha value is -1.06. The van der Waals surface area contributed by atoms with Crippen molar-refractivity contribution in [1.82, 2.24) is 5.32 Å². The highest BCUT2D eigenvalue weighted by atomic mass is 16.3. The van der Waals surface area contributed by atoms with Crippen molar-refractivity contribution in [2.45, 2.75) is 38.3 Å². The zero-order valence-corrected chi connectivity index (χ0v) is 10.1. The van der Waals surface area contributed by atoms with E-state index in [2.05, 4.69) is 5.32 Å². The van der Waals surface area contributed by atoms with Crippen molar-refractivity contribution >= 4 is 0 Å². The largest absolute Gasteiger partial charge is 0.508 e. The highest BCUT2D eigenvalue weighted by Gasteiger charge is 2.20. The molecule has 0 amide bonds. The molecule has 2 atom stereocenters. The number of aliphatic hydroxyl groups is 1. The van der Waals surface area contributed by atoms with Crippen LogP contribution in [0.4, 0.5) is 0 Å². The molecule has 17 heavy (non-hydrogen) atoms. The van der Waals surface area contributed by atoms with Crippen molar-refractivity contribution in [3.8, 4) is 5.75 Å². The van der Waals surface area contributed by atoms with Crippen LogP contribution < -0.4 is 5.32 Å². The fourth-order valence-electron chi connectivity index (χ4n) is 2.52. The van der Waals surface area contributed by atoms with Crippen molar-refractivity contribution in [2.75, 3.05) is 6.61 Å². The lowest BCUT2D eigenvalue weighted by molar-refractivity contribution is 0.170. The molecule has 1 aromatic carbocycles. The van der Waals surface area contributed by atoms with Crippen LogP contribution in [0.15, 0.2) is 24.3 Å². The van der Waals surface area contributed by atoms with Crippen LogP contribution in [0.25, 0.3) is 0 Å². The number of hydrogen-bond donors (Lipinski definition) is 3. The number of nitrogens with one attached hydrogen (secondary N) is 1. The molecule has 2 rings (SSSR count). The second-order valence-corrected chi connectivity index (χ2v) is 4.96. The van der Waals surface area contributed by atoms with E-state index in [1.165, 1.54) is 18.4 Å². The van der Waals surface area contributed by atoms with Gasteiger partial charge in [-0.3, -0.25) is 0 Å². The lowest BCUT2D eigenvalue weighted by Gasteiger charge is -2.28. The van der Waals surface area contributed by atoms with E-state index >= 15 is 0 Å². The average molecular weight is 235 g/mol. The Morgan fingerprint density at radius 3 is 2.65 bits per heavy atom. The fraction of sp³-hybridized carbons (Fsp3) is 0.571. The van der Waals surface area contributed by atoms with Crippen LogP contribution in [0, 0.1) is 5.92 Å². The minimum Gasteiger partial charge on any atom is -0.508 e. The highest BCUT2D eigenvalue weighted by molar-refractivity contribution is 5.25. The first kappa shape index (κ1) is 12.4. The molecule has 1 aromatic rings. The molecular weight excluding hydrogens is 214 g/mol. The minimum absolute atomic E-state index is 0.312. The summed E-state index contributed by atoms with van der Waals surface area (Å²) in [6.07, 6.45) is 4.65. The molecular formula is C14H21NO2. The Bertz CT molecular complexity index is 337. The lowest BCUT2D eigenvalue weighted by atomic mass is 9.86. The van der Waals surface area contributed by atoms with Gasteiger partial charge in [-0.25, -0.2) is 0 Å². The molecule has 0 aromatic heterocycles. The molecule has 94 valence electrons. The lowest BCUT2D eigenvalue weighted by Crippen LogP contribution is -2.34. The topological polar surface area (TPSA) is 52.5 Å². The number of aromatic hydroxyl groups is 1. The van der Waals surface area contributed by atoms with E-state index in [0.29, 0.717) is 24.3 Å². The van der Waals surface area contributed by atoms with Gasteiger partial charge in [0.05, 0.1) is 0 Å². The first-order valence-electron chi connectivity index (χ1n) is 6.40. The molecule has 1 aliphatic carbocycles. The number of aliphatic hydroxyl groups excluding tert-OH is 1. The van der Waals surface area contributed by atoms with Gasteiger partial charge in [-0.05, 0) is 42.9 Å². The fourth-order valence-corrected chi connectivity index (χ4v) is 2.52. The van der Waals surface area contributed by atoms with Gasteiger partial charge in [0.2, 0.25) is 0 Å². The van der Waals surface area contributed by atoms with Gasteiger partial charge in [-0.1, -0.05) is 18.6 Å². The van der Waals surface area contributed by atoms with Crippen LogP contribution in [0.5, 0.6) is 5.75 Å². The normalized spacial score (nSPS) is 24.8. The molecule has 3 N–H and O–H groups in total. The third-order valence-corrected chi connectivity index (χ3v) is 3.57. The summed E-state index contributed by atoms with van der Waals surface area (Å²) < 4.78 is 0. The van der Waals surface area contributed by atoms with Gasteiger partial charge in [0.15, 0.2) is 0 Å². The van der Waals surface area contributed by atoms with E-state index in [4.69, 9.17) is 5.11 Å². The molecule has 1 fully saturated rings. The Balaban J connectivity index is 1.79. The number of hydrogen-bond acceptors (Lipinski definition) is 3. The van der Waals surface area contributed by atoms with Crippen molar-refractivity contribution in [2.24, 2.45) is 5.92 Å². The second kappa shape index (κ2) is 6.03. The first-order valence-corrected chi connectivity index (χ1v) is 6.40. The van der Waals surface area contributed by atoms with Gasteiger partial charge in [0, 0.05) is 19.2 Å². The Kier molecular flexibility index (Phi) is 4.40. The maximum atomic E-state index is 9.19. The summed E-state index contributed by atoms with van der Waals surface area (Å²) in [5.74, 6) is 0.785. The van der Waals surface area contributed by atoms with Gasteiger partial charge >= 0.3 is 0 Å². The third kappa shape index (κ3) is 3.72. The van der Waals surface area contributed by atoms with E-state index in [1.54, 1.807) is 12.1 Å². The molecule has 0 radical (unpaired) electrons. The molecule has 3 nitrogen and oxygen atoms in total. The van der Waals surface area contributed by atoms with E-state index < -0.39 is 0 Å². The molecule has 0 heterocycles. The average Bonchev–Trinajstić information content (AvgIpc) is 2.38. The smallest absolute Gasteiger partial charge is 0.115 e. The molecule has 0 spiro atoms. The Morgan fingerprint density at radius 1 is 1.18 bits per heavy atom. The summed E-state index contributed by atoms with van der Waals surface area (Å²) in [5, 5.41) is 21.9. The van der Waals surface area contributed by atoms with E-state index in [0.717, 1.165) is 19.4 Å². The number of rotatable bonds is 4. The van der Waals surface area contributed by atoms with E-state index in [1.807, 2.05) is 12.1 Å². The van der Waals surface area contributed by atoms with Crippen molar-refractivity contribution in [1.29, 1.82) is 0 Å². The molecule has 2 unspecified atom stereocenters. The summed E-state index contributed by atoms with van der Waals surface area (Å²) >= 11 is 0. The van der Waals surface area contributed by atoms with Crippen LogP contribution in [-0.4, -0.2) is 22.9 Å². The molecule has 0 aliphatic heterocycles. The first-order chi connectivity index (χ1) is 8.28. The standard InChI is InChI=1S/C14H21NO2/c16-10-12-2-1-3-13(8-12)15-9-11-4-6-14(17)7-5-11/h4-7,12-13,15-17H,1-3,8-10H2. The zero-order valence-electron chi connectivity index (χ0n) is 10.1. The quantitative estimate of drug-likeness (QED) is 0.748. The molecule has 0 saturated heterocycles. The van der Waals surface area contributed by atoms with Gasteiger partial charge < -0.3 is 15.5 Å². The maximum absolute atomic E-state index is 9.19. The number of phenols is 1. The summed E-state index contributed by atoms with van der Waals surface area (Å²) in [4.78, 5) is 0. The predicted molar refractivity (Wildman–Crippen MR) is 67.8 cm³/mol. The molecule has 3 heteroatoms. The number of benzene rings is 1. The summed E-state index contributed by atoms with van der Waals surface area (Å²) in [6.45, 7) is 1.15. The van der Waals surface area contributed by atoms with Gasteiger partial charge in [0.1, 0.15) is 5.75 Å². The molecule has 1 aliphatic rings. The minimum atomic E-state index is 0.312. The SMILES string of the molecule is OCC1CCCC(NCc2ccc(O)cc2)C1. The summed E-state index contributed by atoms with van der Waals surface area (Å²) in [6, 6.07) is 7.83. The van der Waals surface area contributed by atoms with Gasteiger partial charge in [-0.15, -0.1) is 0 Å². The molecule has 1 saturated carbocycles. The van der Waals surface area contributed by atoms with E-state index in [-0.39, 0.29) is 0 Å². The van der Waals surface area contributed by atoms with E-state index in [9.17, 15) is 5.11 Å². The number of phenolic OH excluding ortho intramolecular Hbond substituents is 1. The van der Waals surface area contributed by atoms with Crippen LogP contribution in [0.2, 0.25) is 0 Å². The van der Waals surface area contributed by atoms with Crippen molar-refractivity contribution in [3.63, 3.8) is 0 Å². The maximum Gasteiger partial charge on any atom is 0.115 e. The van der Waals surface area contributed by atoms with Crippen molar-refractivity contribution < 1.29 is 10.2 Å². The highest BCUT2D eigenvalue weighted by Crippen LogP contribution is 2.24. The second-order valence-electron chi connectivity index (χ2n) is 4.96. The van der Waals surface area contributed by atoms with Gasteiger partial charge in [0.25, 0.3) is 0 Å². The predicted octanol–water partition coefficient (Wildman–Crippen LogP) is 2.03. The molecule has 0 bridgehead atoms. The van der Waals surface area contributed by atoms with Crippen LogP contribution in [0.1, 0.15) is 31.2 Å². The zero-order chi connectivity index (χ0) is 12.1. The summed E-state index contributed by atoms with van der Waals surface area (Å²) in [5.41, 5.74) is 1.19. The summed E-state index contributed by atoms with van der Waals surface area (Å²) in [7, 11) is 0. The Morgan fingerprint density at radius 2 is 1.94 bits per heavy atom. The Labute approximate surface area is 102 Å². The van der Waals surface area contributed by atoms with Crippen molar-refractivity contribution in [3.05, 3.63) is 29.8 Å². The van der Waals surface area contributed by atoms with Gasteiger partial charge in [-0.2, -0.15) is 0 Å². The third-order valence-electron chi connectivity index (χ3n) is 3.57. The monoisotopic (exact) mass is 235 g/mol.